The van der Waals surface area contributed by atoms with Crippen molar-refractivity contribution in [1.82, 2.24) is 0 Å². The third kappa shape index (κ3) is 3.70. The predicted octanol–water partition coefficient (Wildman–Crippen LogP) is 3.88. The lowest BCUT2D eigenvalue weighted by atomic mass is 9.95. The van der Waals surface area contributed by atoms with Crippen LogP contribution < -0.4 is 11.1 Å². The van der Waals surface area contributed by atoms with E-state index in [1.807, 2.05) is 24.3 Å². The number of aryl methyl sites for hydroxylation is 1. The summed E-state index contributed by atoms with van der Waals surface area (Å²) in [6.45, 7) is 1.79. The average molecular weight is 355 g/mol. The molecule has 0 aromatic heterocycles. The Morgan fingerprint density at radius 1 is 0.963 bits per heavy atom. The third-order valence-electron chi connectivity index (χ3n) is 4.27. The van der Waals surface area contributed by atoms with Gasteiger partial charge in [0.05, 0.1) is 11.6 Å². The number of primary amides is 1. The molecule has 0 atom stereocenters. The van der Waals surface area contributed by atoms with Crippen molar-refractivity contribution in [3.05, 3.63) is 89.0 Å². The maximum absolute atomic E-state index is 12.9. The van der Waals surface area contributed by atoms with E-state index in [1.54, 1.807) is 49.4 Å². The van der Waals surface area contributed by atoms with Crippen LogP contribution in [-0.4, -0.2) is 11.8 Å². The molecule has 0 unspecified atom stereocenters. The van der Waals surface area contributed by atoms with Gasteiger partial charge in [-0.15, -0.1) is 0 Å². The van der Waals surface area contributed by atoms with Gasteiger partial charge in [0.2, 0.25) is 5.91 Å². The van der Waals surface area contributed by atoms with Crippen LogP contribution in [0.1, 0.15) is 31.8 Å². The molecular formula is C22H17N3O2. The topological polar surface area (TPSA) is 96.0 Å². The first kappa shape index (κ1) is 17.9. The molecule has 0 saturated heterocycles. The molecule has 3 N–H and O–H groups in total. The van der Waals surface area contributed by atoms with Gasteiger partial charge in [-0.1, -0.05) is 36.4 Å². The second-order valence-corrected chi connectivity index (χ2v) is 6.05. The Hall–Kier alpha value is -3.91. The van der Waals surface area contributed by atoms with E-state index >= 15 is 0 Å². The molecule has 3 aromatic rings. The number of nitriles is 1. The lowest BCUT2D eigenvalue weighted by molar-refractivity contribution is 0.0998. The molecule has 132 valence electrons. The zero-order valence-electron chi connectivity index (χ0n) is 14.7. The van der Waals surface area contributed by atoms with E-state index in [9.17, 15) is 14.9 Å². The van der Waals surface area contributed by atoms with Gasteiger partial charge in [0, 0.05) is 22.4 Å². The maximum Gasteiger partial charge on any atom is 0.256 e. The minimum Gasteiger partial charge on any atom is -0.366 e. The molecule has 0 radical (unpaired) electrons. The Morgan fingerprint density at radius 2 is 1.63 bits per heavy atom. The van der Waals surface area contributed by atoms with Crippen LogP contribution in [0.5, 0.6) is 0 Å². The van der Waals surface area contributed by atoms with Crippen molar-refractivity contribution in [2.24, 2.45) is 5.73 Å². The minimum atomic E-state index is -0.519. The quantitative estimate of drug-likeness (QED) is 0.743. The van der Waals surface area contributed by atoms with Crippen LogP contribution >= 0.6 is 0 Å². The maximum atomic E-state index is 12.9. The van der Waals surface area contributed by atoms with E-state index in [-0.39, 0.29) is 5.91 Å². The van der Waals surface area contributed by atoms with E-state index in [1.165, 1.54) is 0 Å². The summed E-state index contributed by atoms with van der Waals surface area (Å²) in [5, 5.41) is 12.2. The highest BCUT2D eigenvalue weighted by Gasteiger charge is 2.16. The number of carbonyl (C=O) groups is 2. The van der Waals surface area contributed by atoms with Gasteiger partial charge in [-0.3, -0.25) is 9.59 Å². The molecule has 0 aliphatic rings. The number of hydrogen-bond donors (Lipinski definition) is 2. The van der Waals surface area contributed by atoms with Crippen molar-refractivity contribution in [3.8, 4) is 17.2 Å². The largest absolute Gasteiger partial charge is 0.366 e. The van der Waals surface area contributed by atoms with Crippen LogP contribution in [0, 0.1) is 18.3 Å². The van der Waals surface area contributed by atoms with Crippen LogP contribution in [-0.2, 0) is 0 Å². The summed E-state index contributed by atoms with van der Waals surface area (Å²) in [6.07, 6.45) is 0. The molecule has 0 heterocycles. The van der Waals surface area contributed by atoms with Gasteiger partial charge in [-0.25, -0.2) is 0 Å². The fraction of sp³-hybridized carbons (Fsp3) is 0.0455. The van der Waals surface area contributed by atoms with Crippen LogP contribution in [0.4, 0.5) is 5.69 Å². The normalized spacial score (nSPS) is 10.1. The van der Waals surface area contributed by atoms with Crippen molar-refractivity contribution in [2.45, 2.75) is 6.92 Å². The molecule has 5 nitrogen and oxygen atoms in total. The third-order valence-corrected chi connectivity index (χ3v) is 4.27. The summed E-state index contributed by atoms with van der Waals surface area (Å²) in [6, 6.07) is 21.3. The zero-order chi connectivity index (χ0) is 19.4. The second-order valence-electron chi connectivity index (χ2n) is 6.05. The minimum absolute atomic E-state index is 0.298. The average Bonchev–Trinajstić information content (AvgIpc) is 2.69. The molecule has 0 bridgehead atoms. The first-order valence-electron chi connectivity index (χ1n) is 8.31. The van der Waals surface area contributed by atoms with E-state index in [0.29, 0.717) is 33.5 Å². The van der Waals surface area contributed by atoms with Crippen molar-refractivity contribution < 1.29 is 9.59 Å². The van der Waals surface area contributed by atoms with Gasteiger partial charge in [0.1, 0.15) is 0 Å². The molecule has 0 fully saturated rings. The number of amides is 2. The van der Waals surface area contributed by atoms with Gasteiger partial charge in [0.15, 0.2) is 0 Å². The summed E-state index contributed by atoms with van der Waals surface area (Å²) < 4.78 is 0. The summed E-state index contributed by atoms with van der Waals surface area (Å²) in [5.41, 5.74) is 9.33. The van der Waals surface area contributed by atoms with Crippen molar-refractivity contribution in [2.75, 3.05) is 5.32 Å². The Balaban J connectivity index is 1.98. The molecule has 0 aliphatic heterocycles. The highest BCUT2D eigenvalue weighted by Crippen LogP contribution is 2.28. The van der Waals surface area contributed by atoms with Crippen molar-refractivity contribution in [3.63, 3.8) is 0 Å². The Bertz CT molecular complexity index is 1080. The SMILES string of the molecule is Cc1cc(C(N)=O)ccc1NC(=O)c1ccccc1-c1ccccc1C#N. The van der Waals surface area contributed by atoms with E-state index in [4.69, 9.17) is 5.73 Å². The van der Waals surface area contributed by atoms with Crippen molar-refractivity contribution >= 4 is 17.5 Å². The zero-order valence-corrected chi connectivity index (χ0v) is 14.7. The number of nitrogens with one attached hydrogen (secondary N) is 1. The number of hydrogen-bond acceptors (Lipinski definition) is 3. The number of anilines is 1. The predicted molar refractivity (Wildman–Crippen MR) is 104 cm³/mol. The molecule has 0 spiro atoms. The van der Waals surface area contributed by atoms with Gasteiger partial charge in [-0.2, -0.15) is 5.26 Å². The Labute approximate surface area is 157 Å². The smallest absolute Gasteiger partial charge is 0.256 e. The van der Waals surface area contributed by atoms with Gasteiger partial charge in [0.25, 0.3) is 5.91 Å². The van der Waals surface area contributed by atoms with Gasteiger partial charge >= 0.3 is 0 Å². The first-order valence-corrected chi connectivity index (χ1v) is 8.31. The number of benzene rings is 3. The summed E-state index contributed by atoms with van der Waals surface area (Å²) in [4.78, 5) is 24.2. The fourth-order valence-corrected chi connectivity index (χ4v) is 2.88. The van der Waals surface area contributed by atoms with Crippen LogP contribution in [0.2, 0.25) is 0 Å². The number of nitrogens with two attached hydrogens (primary N) is 1. The van der Waals surface area contributed by atoms with E-state index in [2.05, 4.69) is 11.4 Å². The lowest BCUT2D eigenvalue weighted by Crippen LogP contribution is -2.15. The monoisotopic (exact) mass is 355 g/mol. The number of rotatable bonds is 4. The van der Waals surface area contributed by atoms with E-state index < -0.39 is 5.91 Å². The summed E-state index contributed by atoms with van der Waals surface area (Å²) >= 11 is 0. The molecular weight excluding hydrogens is 338 g/mol. The van der Waals surface area contributed by atoms with Crippen LogP contribution in [0.15, 0.2) is 66.7 Å². The van der Waals surface area contributed by atoms with Crippen LogP contribution in [0.3, 0.4) is 0 Å². The molecule has 0 aliphatic carbocycles. The second kappa shape index (κ2) is 7.54. The Morgan fingerprint density at radius 3 is 2.30 bits per heavy atom. The summed E-state index contributed by atoms with van der Waals surface area (Å²) in [7, 11) is 0. The Kier molecular flexibility index (Phi) is 5.00. The first-order chi connectivity index (χ1) is 13.0. The molecule has 5 heteroatoms. The van der Waals surface area contributed by atoms with E-state index in [0.717, 1.165) is 5.56 Å². The highest BCUT2D eigenvalue weighted by atomic mass is 16.2. The molecule has 27 heavy (non-hydrogen) atoms. The summed E-state index contributed by atoms with van der Waals surface area (Å²) in [5.74, 6) is -0.817. The molecule has 3 aromatic carbocycles. The van der Waals surface area contributed by atoms with Crippen molar-refractivity contribution in [1.29, 1.82) is 5.26 Å². The highest BCUT2D eigenvalue weighted by molar-refractivity contribution is 6.09. The molecule has 3 rings (SSSR count). The lowest BCUT2D eigenvalue weighted by Gasteiger charge is -2.13. The number of carbonyl (C=O) groups excluding carboxylic acids is 2. The molecule has 0 saturated carbocycles. The van der Waals surface area contributed by atoms with Crippen LogP contribution in [0.25, 0.3) is 11.1 Å². The molecule has 2 amide bonds. The standard InChI is InChI=1S/C22H17N3O2/c1-14-12-15(21(24)26)10-11-20(14)25-22(27)19-9-5-4-8-18(19)17-7-3-2-6-16(17)13-23/h2-12H,1H3,(H2,24,26)(H,25,27). The van der Waals surface area contributed by atoms with Gasteiger partial charge < -0.3 is 11.1 Å². The van der Waals surface area contributed by atoms with Gasteiger partial charge in [-0.05, 0) is 48.4 Å². The number of nitrogens with zero attached hydrogens (tertiary/aromatic N) is 1. The fourth-order valence-electron chi connectivity index (χ4n) is 2.88.